The summed E-state index contributed by atoms with van der Waals surface area (Å²) < 4.78 is 11.8. The maximum Gasteiger partial charge on any atom is 0.340 e. The molecule has 1 atom stereocenters. The van der Waals surface area contributed by atoms with E-state index < -0.39 is 5.60 Å². The van der Waals surface area contributed by atoms with Gasteiger partial charge in [0.05, 0.1) is 5.56 Å². The maximum absolute atomic E-state index is 12.4. The molecule has 0 saturated heterocycles. The largest absolute Gasteiger partial charge is 0.461 e. The minimum Gasteiger partial charge on any atom is -0.461 e. The average Bonchev–Trinajstić information content (AvgIpc) is 2.81. The number of ether oxygens (including phenoxy) is 2. The molecule has 0 saturated carbocycles. The number of esters is 1. The number of fused-ring (bicyclic) bond motifs is 2. The van der Waals surface area contributed by atoms with Gasteiger partial charge in [-0.25, -0.2) is 4.79 Å². The number of rotatable bonds is 1. The highest BCUT2D eigenvalue weighted by Gasteiger charge is 2.54. The molecule has 0 N–H and O–H groups in total. The van der Waals surface area contributed by atoms with Crippen LogP contribution in [0.15, 0.2) is 71.7 Å². The fourth-order valence-electron chi connectivity index (χ4n) is 3.31. The summed E-state index contributed by atoms with van der Waals surface area (Å²) in [5.41, 5.74) is 2.06. The molecule has 2 aliphatic heterocycles. The predicted molar refractivity (Wildman–Crippen MR) is 85.0 cm³/mol. The lowest BCUT2D eigenvalue weighted by molar-refractivity contribution is 0.0174. The molecule has 3 rings (SSSR count). The van der Waals surface area contributed by atoms with Crippen molar-refractivity contribution in [3.05, 3.63) is 82.9 Å². The van der Waals surface area contributed by atoms with Crippen molar-refractivity contribution >= 4 is 5.97 Å². The minimum absolute atomic E-state index is 0.320. The van der Waals surface area contributed by atoms with Crippen LogP contribution in [-0.4, -0.2) is 5.97 Å². The van der Waals surface area contributed by atoms with E-state index in [1.165, 1.54) is 0 Å². The predicted octanol–water partition coefficient (Wildman–Crippen LogP) is 4.39. The van der Waals surface area contributed by atoms with Gasteiger partial charge < -0.3 is 9.47 Å². The summed E-state index contributed by atoms with van der Waals surface area (Å²) >= 11 is 0. The molecular formula is C19H18O3. The molecule has 0 fully saturated rings. The zero-order valence-corrected chi connectivity index (χ0v) is 13.0. The van der Waals surface area contributed by atoms with Gasteiger partial charge in [0.2, 0.25) is 0 Å². The molecule has 2 aliphatic rings. The van der Waals surface area contributed by atoms with Crippen LogP contribution in [0.2, 0.25) is 0 Å². The SMILES string of the molecule is C=CC1=C(C)OC(=C/C)/C(=C\C)C12OC(=O)c1ccccc12. The van der Waals surface area contributed by atoms with Gasteiger partial charge >= 0.3 is 5.97 Å². The molecule has 1 unspecified atom stereocenters. The van der Waals surface area contributed by atoms with Crippen molar-refractivity contribution in [2.45, 2.75) is 26.4 Å². The Kier molecular flexibility index (Phi) is 3.28. The Hall–Kier alpha value is -2.55. The van der Waals surface area contributed by atoms with Gasteiger partial charge in [-0.05, 0) is 32.9 Å². The van der Waals surface area contributed by atoms with Crippen molar-refractivity contribution in [3.8, 4) is 0 Å². The molecular weight excluding hydrogens is 276 g/mol. The lowest BCUT2D eigenvalue weighted by Crippen LogP contribution is -2.36. The van der Waals surface area contributed by atoms with E-state index >= 15 is 0 Å². The summed E-state index contributed by atoms with van der Waals surface area (Å²) in [6, 6.07) is 7.48. The summed E-state index contributed by atoms with van der Waals surface area (Å²) in [6.45, 7) is 9.58. The van der Waals surface area contributed by atoms with Crippen LogP contribution in [0, 0.1) is 0 Å². The Morgan fingerprint density at radius 1 is 1.18 bits per heavy atom. The fourth-order valence-corrected chi connectivity index (χ4v) is 3.31. The molecule has 22 heavy (non-hydrogen) atoms. The van der Waals surface area contributed by atoms with Crippen molar-refractivity contribution in [3.63, 3.8) is 0 Å². The fraction of sp³-hybridized carbons (Fsp3) is 0.211. The van der Waals surface area contributed by atoms with Crippen LogP contribution in [-0.2, 0) is 15.1 Å². The molecule has 0 aromatic heterocycles. The summed E-state index contributed by atoms with van der Waals surface area (Å²) in [6.07, 6.45) is 5.52. The second-order valence-corrected chi connectivity index (χ2v) is 5.25. The maximum atomic E-state index is 12.4. The third-order valence-corrected chi connectivity index (χ3v) is 4.19. The van der Waals surface area contributed by atoms with Gasteiger partial charge in [-0.15, -0.1) is 0 Å². The molecule has 0 amide bonds. The Balaban J connectivity index is 2.42. The van der Waals surface area contributed by atoms with E-state index in [9.17, 15) is 4.79 Å². The Morgan fingerprint density at radius 3 is 2.55 bits per heavy atom. The number of benzene rings is 1. The van der Waals surface area contributed by atoms with Gasteiger partial charge in [0.15, 0.2) is 5.60 Å². The van der Waals surface area contributed by atoms with Crippen molar-refractivity contribution < 1.29 is 14.3 Å². The second-order valence-electron chi connectivity index (χ2n) is 5.25. The van der Waals surface area contributed by atoms with Crippen LogP contribution in [0.3, 0.4) is 0 Å². The van der Waals surface area contributed by atoms with Gasteiger partial charge in [0.25, 0.3) is 0 Å². The van der Waals surface area contributed by atoms with E-state index in [0.717, 1.165) is 16.7 Å². The molecule has 112 valence electrons. The average molecular weight is 294 g/mol. The normalized spacial score (nSPS) is 27.1. The van der Waals surface area contributed by atoms with Gasteiger partial charge in [-0.3, -0.25) is 0 Å². The quantitative estimate of drug-likeness (QED) is 0.720. The lowest BCUT2D eigenvalue weighted by Gasteiger charge is -2.38. The van der Waals surface area contributed by atoms with Crippen LogP contribution in [0.4, 0.5) is 0 Å². The summed E-state index contributed by atoms with van der Waals surface area (Å²) in [5, 5.41) is 0. The smallest absolute Gasteiger partial charge is 0.340 e. The van der Waals surface area contributed by atoms with Crippen molar-refractivity contribution in [2.24, 2.45) is 0 Å². The van der Waals surface area contributed by atoms with Crippen molar-refractivity contribution in [1.29, 1.82) is 0 Å². The highest BCUT2D eigenvalue weighted by molar-refractivity contribution is 5.96. The highest BCUT2D eigenvalue weighted by atomic mass is 16.6. The highest BCUT2D eigenvalue weighted by Crippen LogP contribution is 2.53. The van der Waals surface area contributed by atoms with E-state index in [-0.39, 0.29) is 5.97 Å². The second kappa shape index (κ2) is 5.02. The molecule has 2 heterocycles. The van der Waals surface area contributed by atoms with Gasteiger partial charge in [0.1, 0.15) is 11.5 Å². The number of hydrogen-bond acceptors (Lipinski definition) is 3. The van der Waals surface area contributed by atoms with E-state index in [2.05, 4.69) is 6.58 Å². The first-order chi connectivity index (χ1) is 10.6. The van der Waals surface area contributed by atoms with E-state index in [1.54, 1.807) is 12.1 Å². The summed E-state index contributed by atoms with van der Waals surface area (Å²) in [4.78, 5) is 12.4. The molecule has 3 heteroatoms. The van der Waals surface area contributed by atoms with Crippen LogP contribution >= 0.6 is 0 Å². The molecule has 3 nitrogen and oxygen atoms in total. The first-order valence-electron chi connectivity index (χ1n) is 7.28. The number of allylic oxidation sites excluding steroid dienone is 3. The van der Waals surface area contributed by atoms with Crippen LogP contribution in [0.5, 0.6) is 0 Å². The monoisotopic (exact) mass is 294 g/mol. The number of carbonyl (C=O) groups excluding carboxylic acids is 1. The molecule has 0 radical (unpaired) electrons. The molecule has 0 bridgehead atoms. The van der Waals surface area contributed by atoms with Crippen LogP contribution in [0.1, 0.15) is 36.7 Å². The Labute approximate surface area is 130 Å². The van der Waals surface area contributed by atoms with Gasteiger partial charge in [-0.2, -0.15) is 0 Å². The van der Waals surface area contributed by atoms with Crippen molar-refractivity contribution in [2.75, 3.05) is 0 Å². The van der Waals surface area contributed by atoms with E-state index in [0.29, 0.717) is 17.1 Å². The van der Waals surface area contributed by atoms with E-state index in [4.69, 9.17) is 9.47 Å². The zero-order valence-electron chi connectivity index (χ0n) is 13.0. The Morgan fingerprint density at radius 2 is 1.91 bits per heavy atom. The zero-order chi connectivity index (χ0) is 15.9. The van der Waals surface area contributed by atoms with Gasteiger partial charge in [-0.1, -0.05) is 36.9 Å². The molecule has 0 aliphatic carbocycles. The first-order valence-corrected chi connectivity index (χ1v) is 7.28. The van der Waals surface area contributed by atoms with Gasteiger partial charge in [0, 0.05) is 16.7 Å². The Bertz CT molecular complexity index is 765. The number of hydrogen-bond donors (Lipinski definition) is 0. The first kappa shape index (κ1) is 14.4. The van der Waals surface area contributed by atoms with E-state index in [1.807, 2.05) is 51.1 Å². The third kappa shape index (κ3) is 1.65. The lowest BCUT2D eigenvalue weighted by atomic mass is 9.76. The van der Waals surface area contributed by atoms with Crippen molar-refractivity contribution in [1.82, 2.24) is 0 Å². The minimum atomic E-state index is -0.964. The summed E-state index contributed by atoms with van der Waals surface area (Å²) in [5.74, 6) is 1.08. The topological polar surface area (TPSA) is 35.5 Å². The summed E-state index contributed by atoms with van der Waals surface area (Å²) in [7, 11) is 0. The van der Waals surface area contributed by atoms with Crippen LogP contribution in [0.25, 0.3) is 0 Å². The standard InChI is InChI=1S/C19H18O3/c1-5-14-12(4)21-17(7-3)15(6-2)19(14)16-11-9-8-10-13(16)18(20)22-19/h5-11H,1H2,2-4H3/b15-6+,17-7+. The van der Waals surface area contributed by atoms with Crippen LogP contribution < -0.4 is 0 Å². The molecule has 1 spiro atoms. The molecule has 1 aromatic rings. The third-order valence-electron chi connectivity index (χ3n) is 4.19. The molecule has 1 aromatic carbocycles. The number of carbonyl (C=O) groups is 1.